The van der Waals surface area contributed by atoms with Gasteiger partial charge in [-0.2, -0.15) is 0 Å². The zero-order valence-electron chi connectivity index (χ0n) is 18.0. The van der Waals surface area contributed by atoms with Crippen molar-refractivity contribution in [1.29, 1.82) is 0 Å². The van der Waals surface area contributed by atoms with Crippen molar-refractivity contribution in [2.24, 2.45) is 11.3 Å². The van der Waals surface area contributed by atoms with Gasteiger partial charge < -0.3 is 0 Å². The SMILES string of the molecule is C=C/C(=C\C=C/C)C(C(/C=C/c1ccccc1)OOC(C)(C)C)C(C)(C)C. The standard InChI is InChI=1S/C25H36O2/c1-9-11-17-21(10-2)23(24(3,4)5)22(26-27-25(6,7)8)19-18-20-15-13-12-14-16-20/h9-19,22-23H,2H2,1,3-8H3/b11-9-,19-18+,21-17+. The van der Waals surface area contributed by atoms with E-state index < -0.39 is 0 Å². The highest BCUT2D eigenvalue weighted by atomic mass is 17.2. The minimum atomic E-state index is -0.386. The number of hydrogen-bond acceptors (Lipinski definition) is 2. The largest absolute Gasteiger partial charge is 0.230 e. The van der Waals surface area contributed by atoms with Crippen molar-refractivity contribution in [3.05, 3.63) is 78.4 Å². The first-order valence-corrected chi connectivity index (χ1v) is 9.61. The molecule has 0 aliphatic heterocycles. The van der Waals surface area contributed by atoms with Crippen LogP contribution in [0.2, 0.25) is 0 Å². The van der Waals surface area contributed by atoms with Gasteiger partial charge in [0.25, 0.3) is 0 Å². The summed E-state index contributed by atoms with van der Waals surface area (Å²) in [6, 6.07) is 10.2. The van der Waals surface area contributed by atoms with Crippen molar-refractivity contribution < 1.29 is 9.78 Å². The molecule has 1 aromatic carbocycles. The lowest BCUT2D eigenvalue weighted by molar-refractivity contribution is -0.372. The second kappa shape index (κ2) is 10.4. The maximum absolute atomic E-state index is 5.98. The van der Waals surface area contributed by atoms with Gasteiger partial charge in [0, 0.05) is 5.92 Å². The molecule has 0 spiro atoms. The number of hydrogen-bond donors (Lipinski definition) is 0. The Hall–Kier alpha value is -1.90. The van der Waals surface area contributed by atoms with Crippen LogP contribution in [0, 0.1) is 11.3 Å². The van der Waals surface area contributed by atoms with Crippen LogP contribution in [0.1, 0.15) is 54.0 Å². The van der Waals surface area contributed by atoms with Gasteiger partial charge in [0.1, 0.15) is 6.10 Å². The van der Waals surface area contributed by atoms with E-state index in [-0.39, 0.29) is 23.0 Å². The van der Waals surface area contributed by atoms with Gasteiger partial charge in [-0.05, 0) is 44.2 Å². The van der Waals surface area contributed by atoms with E-state index in [2.05, 4.69) is 57.7 Å². The van der Waals surface area contributed by atoms with Crippen LogP contribution in [-0.4, -0.2) is 11.7 Å². The smallest absolute Gasteiger partial charge is 0.119 e. The minimum absolute atomic E-state index is 0.0471. The van der Waals surface area contributed by atoms with Crippen molar-refractivity contribution in [3.8, 4) is 0 Å². The molecule has 0 fully saturated rings. The first kappa shape index (κ1) is 23.1. The Morgan fingerprint density at radius 3 is 2.15 bits per heavy atom. The second-order valence-electron chi connectivity index (χ2n) is 8.77. The highest BCUT2D eigenvalue weighted by Gasteiger charge is 2.35. The molecule has 0 amide bonds. The molecule has 2 atom stereocenters. The lowest BCUT2D eigenvalue weighted by Crippen LogP contribution is -2.36. The molecule has 0 heterocycles. The molecule has 0 aromatic heterocycles. The van der Waals surface area contributed by atoms with E-state index in [0.29, 0.717) is 0 Å². The average molecular weight is 369 g/mol. The molecule has 27 heavy (non-hydrogen) atoms. The van der Waals surface area contributed by atoms with E-state index >= 15 is 0 Å². The third-order valence-corrected chi connectivity index (χ3v) is 4.02. The summed E-state index contributed by atoms with van der Waals surface area (Å²) >= 11 is 0. The summed E-state index contributed by atoms with van der Waals surface area (Å²) in [4.78, 5) is 11.7. The monoisotopic (exact) mass is 368 g/mol. The van der Waals surface area contributed by atoms with Crippen molar-refractivity contribution in [2.75, 3.05) is 0 Å². The van der Waals surface area contributed by atoms with Gasteiger partial charge >= 0.3 is 0 Å². The van der Waals surface area contributed by atoms with E-state index in [1.165, 1.54) is 0 Å². The minimum Gasteiger partial charge on any atom is -0.230 e. The topological polar surface area (TPSA) is 18.5 Å². The summed E-state index contributed by atoms with van der Waals surface area (Å²) in [5.74, 6) is 0.0773. The normalized spacial score (nSPS) is 16.0. The highest BCUT2D eigenvalue weighted by Crippen LogP contribution is 2.38. The van der Waals surface area contributed by atoms with Gasteiger partial charge in [0.05, 0.1) is 5.60 Å². The predicted octanol–water partition coefficient (Wildman–Crippen LogP) is 7.17. The lowest BCUT2D eigenvalue weighted by Gasteiger charge is -2.37. The van der Waals surface area contributed by atoms with Crippen LogP contribution in [0.4, 0.5) is 0 Å². The van der Waals surface area contributed by atoms with Crippen LogP contribution in [0.15, 0.2) is 72.9 Å². The van der Waals surface area contributed by atoms with Gasteiger partial charge in [-0.15, -0.1) is 0 Å². The summed E-state index contributed by atoms with van der Waals surface area (Å²) in [5, 5.41) is 0. The molecule has 2 nitrogen and oxygen atoms in total. The quantitative estimate of drug-likeness (QED) is 0.275. The van der Waals surface area contributed by atoms with Crippen molar-refractivity contribution in [3.63, 3.8) is 0 Å². The Morgan fingerprint density at radius 1 is 1.04 bits per heavy atom. The molecule has 2 heteroatoms. The Bertz CT molecular complexity index is 652. The maximum atomic E-state index is 5.98. The third kappa shape index (κ3) is 8.55. The Morgan fingerprint density at radius 2 is 1.67 bits per heavy atom. The van der Waals surface area contributed by atoms with Crippen LogP contribution < -0.4 is 0 Å². The first-order valence-electron chi connectivity index (χ1n) is 9.61. The first-order chi connectivity index (χ1) is 12.6. The van der Waals surface area contributed by atoms with Gasteiger partial charge in [0.15, 0.2) is 0 Å². The maximum Gasteiger partial charge on any atom is 0.119 e. The Kier molecular flexibility index (Phi) is 8.95. The number of rotatable bonds is 8. The van der Waals surface area contributed by atoms with Gasteiger partial charge in [-0.25, -0.2) is 9.78 Å². The molecule has 0 bridgehead atoms. The number of benzene rings is 1. The zero-order valence-corrected chi connectivity index (χ0v) is 18.0. The summed E-state index contributed by atoms with van der Waals surface area (Å²) < 4.78 is 0. The summed E-state index contributed by atoms with van der Waals surface area (Å²) in [6.07, 6.45) is 12.0. The van der Waals surface area contributed by atoms with E-state index in [1.807, 2.05) is 64.1 Å². The van der Waals surface area contributed by atoms with E-state index in [1.54, 1.807) is 0 Å². The third-order valence-electron chi connectivity index (χ3n) is 4.02. The van der Waals surface area contributed by atoms with E-state index in [9.17, 15) is 0 Å². The molecule has 148 valence electrons. The van der Waals surface area contributed by atoms with E-state index in [4.69, 9.17) is 9.78 Å². The van der Waals surface area contributed by atoms with Crippen LogP contribution in [0.5, 0.6) is 0 Å². The van der Waals surface area contributed by atoms with Crippen molar-refractivity contribution in [1.82, 2.24) is 0 Å². The zero-order chi connectivity index (χ0) is 20.5. The molecule has 2 unspecified atom stereocenters. The molecular formula is C25H36O2. The van der Waals surface area contributed by atoms with Gasteiger partial charge in [-0.1, -0.05) is 94.1 Å². The molecule has 0 radical (unpaired) electrons. The summed E-state index contributed by atoms with van der Waals surface area (Å²) in [7, 11) is 0. The summed E-state index contributed by atoms with van der Waals surface area (Å²) in [6.45, 7) is 18.7. The molecule has 0 aliphatic rings. The molecule has 0 saturated heterocycles. The van der Waals surface area contributed by atoms with Crippen LogP contribution in [0.3, 0.4) is 0 Å². The highest BCUT2D eigenvalue weighted by molar-refractivity contribution is 5.49. The predicted molar refractivity (Wildman–Crippen MR) is 117 cm³/mol. The molecule has 0 aliphatic carbocycles. The van der Waals surface area contributed by atoms with Crippen LogP contribution in [-0.2, 0) is 9.78 Å². The molecule has 0 N–H and O–H groups in total. The van der Waals surface area contributed by atoms with Crippen LogP contribution >= 0.6 is 0 Å². The van der Waals surface area contributed by atoms with Gasteiger partial charge in [0.2, 0.25) is 0 Å². The summed E-state index contributed by atoms with van der Waals surface area (Å²) in [5.41, 5.74) is 1.82. The Balaban J connectivity index is 3.31. The lowest BCUT2D eigenvalue weighted by atomic mass is 9.72. The van der Waals surface area contributed by atoms with Crippen molar-refractivity contribution >= 4 is 6.08 Å². The second-order valence-corrected chi connectivity index (χ2v) is 8.77. The Labute approximate surface area is 166 Å². The van der Waals surface area contributed by atoms with Crippen molar-refractivity contribution in [2.45, 2.75) is 60.2 Å². The number of allylic oxidation sites excluding steroid dienone is 4. The fraction of sp³-hybridized carbons (Fsp3) is 0.440. The molecule has 0 saturated carbocycles. The van der Waals surface area contributed by atoms with Crippen LogP contribution in [0.25, 0.3) is 6.08 Å². The fourth-order valence-electron chi connectivity index (χ4n) is 2.86. The average Bonchev–Trinajstić information content (AvgIpc) is 2.58. The van der Waals surface area contributed by atoms with Gasteiger partial charge in [-0.3, -0.25) is 0 Å². The molecule has 1 rings (SSSR count). The molecular weight excluding hydrogens is 332 g/mol. The van der Waals surface area contributed by atoms with E-state index in [0.717, 1.165) is 11.1 Å². The fourth-order valence-corrected chi connectivity index (χ4v) is 2.86. The molecule has 1 aromatic rings.